The molecule has 120 valence electrons. The highest BCUT2D eigenvalue weighted by atomic mass is 32.1. The molecule has 24 heavy (non-hydrogen) atoms. The first-order valence-corrected chi connectivity index (χ1v) is 8.04. The maximum Gasteiger partial charge on any atom is 0.352 e. The normalized spacial score (nSPS) is 11.3. The van der Waals surface area contributed by atoms with Gasteiger partial charge in [-0.1, -0.05) is 17.4 Å². The number of nitrogens with one attached hydrogen (secondary N) is 2. The van der Waals surface area contributed by atoms with Crippen LogP contribution >= 0.6 is 11.3 Å². The predicted octanol–water partition coefficient (Wildman–Crippen LogP) is 4.05. The number of rotatable bonds is 4. The van der Waals surface area contributed by atoms with Gasteiger partial charge in [0.15, 0.2) is 5.13 Å². The lowest BCUT2D eigenvalue weighted by molar-refractivity contribution is 0.474. The van der Waals surface area contributed by atoms with Crippen LogP contribution in [0.15, 0.2) is 30.6 Å². The molecular weight excluding hydrogens is 322 g/mol. The number of hydrogen-bond acceptors (Lipinski definition) is 5. The van der Waals surface area contributed by atoms with Gasteiger partial charge in [-0.2, -0.15) is 5.10 Å². The third-order valence-corrected chi connectivity index (χ3v) is 4.68. The van der Waals surface area contributed by atoms with E-state index in [0.29, 0.717) is 11.3 Å². The van der Waals surface area contributed by atoms with Gasteiger partial charge in [0.2, 0.25) is 0 Å². The van der Waals surface area contributed by atoms with Crippen molar-refractivity contribution in [3.05, 3.63) is 51.6 Å². The second-order valence-electron chi connectivity index (χ2n) is 5.10. The topological polar surface area (TPSA) is 78.2 Å². The van der Waals surface area contributed by atoms with Crippen molar-refractivity contribution in [3.8, 4) is 23.4 Å². The van der Waals surface area contributed by atoms with Crippen molar-refractivity contribution in [2.24, 2.45) is 0 Å². The van der Waals surface area contributed by atoms with E-state index in [9.17, 15) is 5.11 Å². The largest absolute Gasteiger partial charge is 0.507 e. The Balaban J connectivity index is 2.01. The number of anilines is 1. The number of nitrogens with zero attached hydrogens (tertiary/aromatic N) is 3. The van der Waals surface area contributed by atoms with Gasteiger partial charge in [0, 0.05) is 24.9 Å². The lowest BCUT2D eigenvalue weighted by Gasteiger charge is -2.01. The van der Waals surface area contributed by atoms with Crippen LogP contribution in [0.3, 0.4) is 0 Å². The third-order valence-electron chi connectivity index (χ3n) is 3.56. The van der Waals surface area contributed by atoms with E-state index in [1.165, 1.54) is 11.3 Å². The van der Waals surface area contributed by atoms with E-state index in [1.54, 1.807) is 24.5 Å². The second-order valence-corrected chi connectivity index (χ2v) is 6.13. The van der Waals surface area contributed by atoms with E-state index in [-0.39, 0.29) is 5.75 Å². The Morgan fingerprint density at radius 1 is 1.42 bits per heavy atom. The third kappa shape index (κ3) is 3.00. The van der Waals surface area contributed by atoms with Gasteiger partial charge in [0.05, 0.1) is 16.8 Å². The lowest BCUT2D eigenvalue weighted by atomic mass is 10.0. The highest BCUT2D eigenvalue weighted by Gasteiger charge is 2.18. The average molecular weight is 338 g/mol. The van der Waals surface area contributed by atoms with Crippen LogP contribution in [0.4, 0.5) is 5.13 Å². The molecule has 0 aliphatic heterocycles. The molecule has 0 bridgehead atoms. The summed E-state index contributed by atoms with van der Waals surface area (Å²) in [5, 5.41) is 20.9. The molecule has 0 atom stereocenters. The first kappa shape index (κ1) is 15.8. The van der Waals surface area contributed by atoms with Crippen LogP contribution in [0.2, 0.25) is 0 Å². The average Bonchev–Trinajstić information content (AvgIpc) is 3.23. The van der Waals surface area contributed by atoms with Crippen molar-refractivity contribution in [1.29, 1.82) is 0 Å². The quantitative estimate of drug-likeness (QED) is 0.670. The molecule has 0 amide bonds. The molecule has 0 aliphatic carbocycles. The molecule has 1 aromatic carbocycles. The first-order valence-electron chi connectivity index (χ1n) is 7.22. The number of aromatic hydroxyl groups is 1. The number of aromatic amines is 1. The number of thiazole rings is 1. The summed E-state index contributed by atoms with van der Waals surface area (Å²) in [6, 6.07) is 5.34. The van der Waals surface area contributed by atoms with E-state index in [0.717, 1.165) is 26.8 Å². The monoisotopic (exact) mass is 338 g/mol. The van der Waals surface area contributed by atoms with Gasteiger partial charge in [-0.3, -0.25) is 5.10 Å². The molecule has 0 aliphatic rings. The van der Waals surface area contributed by atoms with E-state index < -0.39 is 0 Å². The zero-order valence-corrected chi connectivity index (χ0v) is 14.1. The lowest BCUT2D eigenvalue weighted by Crippen LogP contribution is -1.85. The van der Waals surface area contributed by atoms with Gasteiger partial charge in [0.25, 0.3) is 6.57 Å². The molecule has 0 unspecified atom stereocenters. The Labute approximate surface area is 143 Å². The van der Waals surface area contributed by atoms with Gasteiger partial charge in [-0.25, -0.2) is 4.98 Å². The predicted molar refractivity (Wildman–Crippen MR) is 98.3 cm³/mol. The highest BCUT2D eigenvalue weighted by Crippen LogP contribution is 2.34. The minimum Gasteiger partial charge on any atom is -0.507 e. The SMILES string of the molecule is C#[N+]/C(=C\c1sc(NC)nc1C)c1ccc(-c2cn[nH]c2)cc1O. The van der Waals surface area contributed by atoms with E-state index in [4.69, 9.17) is 6.57 Å². The minimum atomic E-state index is 0.102. The molecule has 0 saturated heterocycles. The number of benzene rings is 1. The fraction of sp³-hybridized carbons (Fsp3) is 0.118. The number of phenolic OH excluding ortho intramolecular Hbond substituents is 1. The molecule has 0 saturated carbocycles. The van der Waals surface area contributed by atoms with Crippen molar-refractivity contribution in [2.75, 3.05) is 12.4 Å². The smallest absolute Gasteiger partial charge is 0.352 e. The fourth-order valence-corrected chi connectivity index (χ4v) is 3.15. The second kappa shape index (κ2) is 6.56. The van der Waals surface area contributed by atoms with Crippen LogP contribution in [0, 0.1) is 13.5 Å². The Hall–Kier alpha value is -3.11. The van der Waals surface area contributed by atoms with Crippen LogP contribution in [0.25, 0.3) is 27.7 Å². The molecule has 2 heterocycles. The fourth-order valence-electron chi connectivity index (χ4n) is 2.29. The molecule has 3 aromatic rings. The molecule has 6 nitrogen and oxygen atoms in total. The molecule has 0 spiro atoms. The standard InChI is InChI=1S/C17H15N5OS/c1-10-16(24-17(19-3)22-10)7-14(18-2)13-5-4-11(6-15(13)23)12-8-20-21-9-12/h2,4-9H,1,3H3,(H2-,19,20,21,22,23)/p+1/b14-7-. The first-order chi connectivity index (χ1) is 11.6. The van der Waals surface area contributed by atoms with E-state index in [2.05, 4.69) is 25.3 Å². The van der Waals surface area contributed by atoms with Crippen LogP contribution in [0.5, 0.6) is 5.75 Å². The summed E-state index contributed by atoms with van der Waals surface area (Å²) in [5.74, 6) is 0.102. The number of H-pyrrole nitrogens is 1. The van der Waals surface area contributed by atoms with Crippen molar-refractivity contribution in [3.63, 3.8) is 0 Å². The number of hydrogen-bond donors (Lipinski definition) is 3. The molecule has 7 heteroatoms. The molecular formula is C17H16N5OS+. The summed E-state index contributed by atoms with van der Waals surface area (Å²) < 4.78 is 0. The Bertz CT molecular complexity index is 935. The van der Waals surface area contributed by atoms with Crippen molar-refractivity contribution < 1.29 is 5.11 Å². The Morgan fingerprint density at radius 2 is 2.25 bits per heavy atom. The molecule has 2 aromatic heterocycles. The number of phenols is 1. The summed E-state index contributed by atoms with van der Waals surface area (Å²) in [4.78, 5) is 9.14. The van der Waals surface area contributed by atoms with Gasteiger partial charge in [-0.15, -0.1) is 0 Å². The summed E-state index contributed by atoms with van der Waals surface area (Å²) in [6.07, 6.45) is 5.28. The molecule has 3 N–H and O–H groups in total. The highest BCUT2D eigenvalue weighted by molar-refractivity contribution is 7.16. The van der Waals surface area contributed by atoms with Crippen molar-refractivity contribution in [2.45, 2.75) is 6.92 Å². The number of aryl methyl sites for hydroxylation is 1. The molecule has 3 rings (SSSR count). The zero-order valence-electron chi connectivity index (χ0n) is 13.2. The Kier molecular flexibility index (Phi) is 4.31. The van der Waals surface area contributed by atoms with Crippen LogP contribution in [-0.4, -0.2) is 27.3 Å². The van der Waals surface area contributed by atoms with Gasteiger partial charge in [-0.05, 0) is 29.5 Å². The molecule has 0 fully saturated rings. The summed E-state index contributed by atoms with van der Waals surface area (Å²) in [6.45, 7) is 7.46. The summed E-state index contributed by atoms with van der Waals surface area (Å²) >= 11 is 1.50. The van der Waals surface area contributed by atoms with Crippen molar-refractivity contribution >= 4 is 28.2 Å². The summed E-state index contributed by atoms with van der Waals surface area (Å²) in [5.41, 5.74) is 3.67. The maximum absolute atomic E-state index is 10.4. The van der Waals surface area contributed by atoms with Crippen molar-refractivity contribution in [1.82, 2.24) is 15.2 Å². The van der Waals surface area contributed by atoms with Gasteiger partial charge in [0.1, 0.15) is 11.3 Å². The Morgan fingerprint density at radius 3 is 2.83 bits per heavy atom. The van der Waals surface area contributed by atoms with Crippen LogP contribution in [0.1, 0.15) is 16.1 Å². The van der Waals surface area contributed by atoms with Crippen LogP contribution < -0.4 is 5.32 Å². The van der Waals surface area contributed by atoms with Crippen LogP contribution in [-0.2, 0) is 0 Å². The summed E-state index contributed by atoms with van der Waals surface area (Å²) in [7, 11) is 1.82. The van der Waals surface area contributed by atoms with E-state index in [1.807, 2.05) is 26.1 Å². The minimum absolute atomic E-state index is 0.102. The van der Waals surface area contributed by atoms with Gasteiger partial charge >= 0.3 is 5.70 Å². The number of aromatic nitrogens is 3. The van der Waals surface area contributed by atoms with E-state index >= 15 is 0 Å². The van der Waals surface area contributed by atoms with Gasteiger partial charge < -0.3 is 10.4 Å². The zero-order chi connectivity index (χ0) is 17.1. The molecule has 0 radical (unpaired) electrons. The maximum atomic E-state index is 10.4.